The van der Waals surface area contributed by atoms with Crippen LogP contribution in [0.2, 0.25) is 0 Å². The largest absolute Gasteiger partial charge is 0.389 e. The third-order valence-corrected chi connectivity index (χ3v) is 3.46. The number of carbonyl (C=O) groups is 1. The maximum Gasteiger partial charge on any atom is 0.248 e. The number of alkyl halides is 2. The van der Waals surface area contributed by atoms with E-state index in [4.69, 9.17) is 18.0 Å². The van der Waals surface area contributed by atoms with Crippen LogP contribution in [0.4, 0.5) is 14.6 Å². The van der Waals surface area contributed by atoms with Crippen LogP contribution in [0.25, 0.3) is 0 Å². The molecule has 19 heavy (non-hydrogen) atoms. The number of anilines is 1. The van der Waals surface area contributed by atoms with Gasteiger partial charge in [0.05, 0.1) is 11.8 Å². The first-order chi connectivity index (χ1) is 8.89. The highest BCUT2D eigenvalue weighted by Gasteiger charge is 2.37. The third-order valence-electron chi connectivity index (χ3n) is 3.24. The predicted molar refractivity (Wildman–Crippen MR) is 70.0 cm³/mol. The standard InChI is InChI=1S/C11H14F2N4OS/c12-11(13)3-1-6(2-4-11)10(18)16-9-7(8(14)19)5-15-17-9/h5-6H,1-4H2,(H2,14,19)(H2,15,16,17,18). The number of halogens is 2. The lowest BCUT2D eigenvalue weighted by Crippen LogP contribution is -2.32. The summed E-state index contributed by atoms with van der Waals surface area (Å²) >= 11 is 4.81. The van der Waals surface area contributed by atoms with Crippen molar-refractivity contribution in [1.29, 1.82) is 0 Å². The Hall–Kier alpha value is -1.57. The molecule has 0 bridgehead atoms. The summed E-state index contributed by atoms with van der Waals surface area (Å²) in [6, 6.07) is 0. The van der Waals surface area contributed by atoms with Crippen LogP contribution in [0.3, 0.4) is 0 Å². The molecule has 104 valence electrons. The minimum absolute atomic E-state index is 0.110. The summed E-state index contributed by atoms with van der Waals surface area (Å²) in [6.45, 7) is 0. The molecular formula is C11H14F2N4OS. The summed E-state index contributed by atoms with van der Waals surface area (Å²) in [5, 5.41) is 8.91. The number of rotatable bonds is 3. The van der Waals surface area contributed by atoms with Gasteiger partial charge in [-0.2, -0.15) is 5.10 Å². The van der Waals surface area contributed by atoms with E-state index in [1.54, 1.807) is 0 Å². The first-order valence-electron chi connectivity index (χ1n) is 5.91. The fraction of sp³-hybridized carbons (Fsp3) is 0.545. The molecule has 2 rings (SSSR count). The molecule has 0 radical (unpaired) electrons. The predicted octanol–water partition coefficient (Wildman–Crippen LogP) is 1.81. The van der Waals surface area contributed by atoms with Gasteiger partial charge in [-0.15, -0.1) is 0 Å². The van der Waals surface area contributed by atoms with Gasteiger partial charge in [-0.25, -0.2) is 8.78 Å². The van der Waals surface area contributed by atoms with Crippen molar-refractivity contribution in [2.75, 3.05) is 5.32 Å². The number of amides is 1. The van der Waals surface area contributed by atoms with Gasteiger partial charge in [0, 0.05) is 18.8 Å². The second-order valence-corrected chi connectivity index (χ2v) is 5.08. The number of nitrogens with two attached hydrogens (primary N) is 1. The molecule has 1 amide bonds. The van der Waals surface area contributed by atoms with Crippen molar-refractivity contribution in [3.05, 3.63) is 11.8 Å². The van der Waals surface area contributed by atoms with Crippen molar-refractivity contribution in [2.45, 2.75) is 31.6 Å². The zero-order valence-corrected chi connectivity index (χ0v) is 10.9. The van der Waals surface area contributed by atoms with Crippen LogP contribution in [-0.2, 0) is 4.79 Å². The van der Waals surface area contributed by atoms with Crippen molar-refractivity contribution in [2.24, 2.45) is 11.7 Å². The van der Waals surface area contributed by atoms with Crippen LogP contribution in [0.5, 0.6) is 0 Å². The molecule has 1 aliphatic rings. The van der Waals surface area contributed by atoms with Crippen LogP contribution >= 0.6 is 12.2 Å². The molecule has 1 aliphatic carbocycles. The smallest absolute Gasteiger partial charge is 0.248 e. The lowest BCUT2D eigenvalue weighted by Gasteiger charge is -2.27. The Kier molecular flexibility index (Phi) is 3.79. The fourth-order valence-corrected chi connectivity index (χ4v) is 2.25. The maximum atomic E-state index is 13.0. The van der Waals surface area contributed by atoms with Gasteiger partial charge in [0.2, 0.25) is 11.8 Å². The van der Waals surface area contributed by atoms with E-state index in [1.165, 1.54) is 6.20 Å². The summed E-state index contributed by atoms with van der Waals surface area (Å²) in [7, 11) is 0. The van der Waals surface area contributed by atoms with Gasteiger partial charge in [-0.1, -0.05) is 12.2 Å². The van der Waals surface area contributed by atoms with Crippen molar-refractivity contribution >= 4 is 28.9 Å². The molecule has 0 aliphatic heterocycles. The summed E-state index contributed by atoms with van der Waals surface area (Å²) < 4.78 is 26.0. The Balaban J connectivity index is 1.98. The van der Waals surface area contributed by atoms with Crippen molar-refractivity contribution < 1.29 is 13.6 Å². The van der Waals surface area contributed by atoms with E-state index in [0.29, 0.717) is 11.4 Å². The minimum Gasteiger partial charge on any atom is -0.389 e. The molecular weight excluding hydrogens is 274 g/mol. The second-order valence-electron chi connectivity index (χ2n) is 4.64. The number of H-pyrrole nitrogens is 1. The van der Waals surface area contributed by atoms with Gasteiger partial charge in [0.15, 0.2) is 0 Å². The molecule has 0 aromatic carbocycles. The Morgan fingerprint density at radius 1 is 1.53 bits per heavy atom. The summed E-state index contributed by atoms with van der Waals surface area (Å²) in [5.74, 6) is -3.05. The van der Waals surface area contributed by atoms with Gasteiger partial charge in [0.1, 0.15) is 10.8 Å². The molecule has 8 heteroatoms. The Morgan fingerprint density at radius 3 is 2.74 bits per heavy atom. The topological polar surface area (TPSA) is 83.8 Å². The molecule has 0 saturated heterocycles. The average Bonchev–Trinajstić information content (AvgIpc) is 2.77. The summed E-state index contributed by atoms with van der Waals surface area (Å²) in [5.41, 5.74) is 5.90. The van der Waals surface area contributed by atoms with Gasteiger partial charge in [-0.05, 0) is 12.8 Å². The van der Waals surface area contributed by atoms with E-state index in [-0.39, 0.29) is 36.6 Å². The van der Waals surface area contributed by atoms with Crippen molar-refractivity contribution in [3.8, 4) is 0 Å². The molecule has 1 aromatic rings. The molecule has 0 spiro atoms. The van der Waals surface area contributed by atoms with Gasteiger partial charge < -0.3 is 11.1 Å². The minimum atomic E-state index is -2.64. The van der Waals surface area contributed by atoms with Crippen molar-refractivity contribution in [3.63, 3.8) is 0 Å². The van der Waals surface area contributed by atoms with Crippen LogP contribution in [0.15, 0.2) is 6.20 Å². The first-order valence-corrected chi connectivity index (χ1v) is 6.32. The lowest BCUT2D eigenvalue weighted by molar-refractivity contribution is -0.124. The number of nitrogens with one attached hydrogen (secondary N) is 2. The number of aromatic amines is 1. The maximum absolute atomic E-state index is 13.0. The Bertz CT molecular complexity index is 493. The summed E-state index contributed by atoms with van der Waals surface area (Å²) in [6.07, 6.45) is 1.25. The number of carbonyl (C=O) groups excluding carboxylic acids is 1. The van der Waals surface area contributed by atoms with E-state index in [1.807, 2.05) is 0 Å². The molecule has 1 saturated carbocycles. The normalized spacial score (nSPS) is 19.1. The lowest BCUT2D eigenvalue weighted by atomic mass is 9.86. The fourth-order valence-electron chi connectivity index (χ4n) is 2.10. The van der Waals surface area contributed by atoms with Gasteiger partial charge >= 0.3 is 0 Å². The van der Waals surface area contributed by atoms with Crippen LogP contribution < -0.4 is 11.1 Å². The highest BCUT2D eigenvalue weighted by molar-refractivity contribution is 7.80. The molecule has 1 heterocycles. The van der Waals surface area contributed by atoms with Crippen LogP contribution in [-0.4, -0.2) is 27.0 Å². The van der Waals surface area contributed by atoms with Crippen LogP contribution in [0, 0.1) is 5.92 Å². The van der Waals surface area contributed by atoms with Crippen LogP contribution in [0.1, 0.15) is 31.2 Å². The number of hydrogen-bond acceptors (Lipinski definition) is 3. The van der Waals surface area contributed by atoms with E-state index in [2.05, 4.69) is 15.5 Å². The number of nitrogens with zero attached hydrogens (tertiary/aromatic N) is 1. The quantitative estimate of drug-likeness (QED) is 0.741. The number of hydrogen-bond donors (Lipinski definition) is 3. The van der Waals surface area contributed by atoms with Crippen molar-refractivity contribution in [1.82, 2.24) is 10.2 Å². The van der Waals surface area contributed by atoms with E-state index in [9.17, 15) is 13.6 Å². The van der Waals surface area contributed by atoms with Gasteiger partial charge in [0.25, 0.3) is 0 Å². The van der Waals surface area contributed by atoms with E-state index in [0.717, 1.165) is 0 Å². The zero-order chi connectivity index (χ0) is 14.0. The molecule has 4 N–H and O–H groups in total. The third kappa shape index (κ3) is 3.25. The van der Waals surface area contributed by atoms with E-state index < -0.39 is 11.8 Å². The highest BCUT2D eigenvalue weighted by atomic mass is 32.1. The Morgan fingerprint density at radius 2 is 2.16 bits per heavy atom. The van der Waals surface area contributed by atoms with Gasteiger partial charge in [-0.3, -0.25) is 9.89 Å². The second kappa shape index (κ2) is 5.20. The monoisotopic (exact) mass is 288 g/mol. The van der Waals surface area contributed by atoms with E-state index >= 15 is 0 Å². The SMILES string of the molecule is NC(=S)c1cn[nH]c1NC(=O)C1CCC(F)(F)CC1. The summed E-state index contributed by atoms with van der Waals surface area (Å²) in [4.78, 5) is 12.1. The molecule has 0 atom stereocenters. The number of aromatic nitrogens is 2. The molecule has 1 fully saturated rings. The average molecular weight is 288 g/mol. The zero-order valence-electron chi connectivity index (χ0n) is 10.1. The first kappa shape index (κ1) is 13.9. The Labute approximate surface area is 113 Å². The number of thiocarbonyl (C=S) groups is 1. The highest BCUT2D eigenvalue weighted by Crippen LogP contribution is 2.36. The molecule has 0 unspecified atom stereocenters. The molecule has 5 nitrogen and oxygen atoms in total. The molecule has 1 aromatic heterocycles.